The molecular formula is C22H23NO. The third kappa shape index (κ3) is 3.29. The third-order valence-electron chi connectivity index (χ3n) is 4.81. The van der Waals surface area contributed by atoms with E-state index in [9.17, 15) is 0 Å². The second-order valence-electron chi connectivity index (χ2n) is 6.51. The number of hydrogen-bond donors (Lipinski definition) is 1. The van der Waals surface area contributed by atoms with Gasteiger partial charge in [-0.25, -0.2) is 0 Å². The molecule has 122 valence electrons. The Morgan fingerprint density at radius 2 is 1.54 bits per heavy atom. The molecule has 2 nitrogen and oxygen atoms in total. The van der Waals surface area contributed by atoms with Gasteiger partial charge in [0.15, 0.2) is 0 Å². The Morgan fingerprint density at radius 3 is 2.38 bits per heavy atom. The second kappa shape index (κ2) is 7.06. The van der Waals surface area contributed by atoms with E-state index in [-0.39, 0.29) is 0 Å². The van der Waals surface area contributed by atoms with Crippen LogP contribution in [0.4, 0.5) is 0 Å². The van der Waals surface area contributed by atoms with Crippen molar-refractivity contribution in [2.75, 3.05) is 13.2 Å². The average molecular weight is 317 g/mol. The molecule has 24 heavy (non-hydrogen) atoms. The fraction of sp³-hybridized carbons (Fsp3) is 0.273. The smallest absolute Gasteiger partial charge is 0.127 e. The minimum absolute atomic E-state index is 0.583. The van der Waals surface area contributed by atoms with Crippen LogP contribution in [-0.4, -0.2) is 19.2 Å². The zero-order valence-corrected chi connectivity index (χ0v) is 13.9. The lowest BCUT2D eigenvalue weighted by atomic mass is 10.1. The van der Waals surface area contributed by atoms with Crippen molar-refractivity contribution in [3.8, 4) is 5.75 Å². The first-order valence-corrected chi connectivity index (χ1v) is 8.81. The van der Waals surface area contributed by atoms with Crippen LogP contribution in [0.15, 0.2) is 66.7 Å². The van der Waals surface area contributed by atoms with Gasteiger partial charge in [-0.2, -0.15) is 0 Å². The molecule has 0 saturated carbocycles. The van der Waals surface area contributed by atoms with Gasteiger partial charge in [-0.1, -0.05) is 60.7 Å². The number of rotatable bonds is 6. The number of hydrogen-bond acceptors (Lipinski definition) is 2. The summed E-state index contributed by atoms with van der Waals surface area (Å²) < 4.78 is 6.01. The monoisotopic (exact) mass is 317 g/mol. The molecule has 0 heterocycles. The lowest BCUT2D eigenvalue weighted by Crippen LogP contribution is -2.31. The van der Waals surface area contributed by atoms with Crippen LogP contribution in [0, 0.1) is 0 Å². The molecule has 1 N–H and O–H groups in total. The molecule has 1 aliphatic carbocycles. The second-order valence-corrected chi connectivity index (χ2v) is 6.51. The van der Waals surface area contributed by atoms with Crippen molar-refractivity contribution in [1.82, 2.24) is 5.32 Å². The summed E-state index contributed by atoms with van der Waals surface area (Å²) in [6, 6.07) is 24.0. The Bertz CT molecular complexity index is 797. The topological polar surface area (TPSA) is 21.3 Å². The Labute approximate surface area is 143 Å². The summed E-state index contributed by atoms with van der Waals surface area (Å²) in [7, 11) is 0. The SMILES string of the molecule is c1ccc2c(c1)CC(NCCCOc1cccc3ccccc13)C2. The highest BCUT2D eigenvalue weighted by Gasteiger charge is 2.19. The quantitative estimate of drug-likeness (QED) is 0.682. The van der Waals surface area contributed by atoms with E-state index in [1.54, 1.807) is 0 Å². The van der Waals surface area contributed by atoms with Crippen molar-refractivity contribution >= 4 is 10.8 Å². The Hall–Kier alpha value is -2.32. The maximum absolute atomic E-state index is 6.01. The van der Waals surface area contributed by atoms with E-state index < -0.39 is 0 Å². The van der Waals surface area contributed by atoms with E-state index in [1.807, 2.05) is 0 Å². The van der Waals surface area contributed by atoms with E-state index in [1.165, 1.54) is 21.9 Å². The maximum atomic E-state index is 6.01. The van der Waals surface area contributed by atoms with E-state index >= 15 is 0 Å². The molecule has 3 aromatic rings. The number of fused-ring (bicyclic) bond motifs is 2. The highest BCUT2D eigenvalue weighted by atomic mass is 16.5. The van der Waals surface area contributed by atoms with Crippen LogP contribution in [0.25, 0.3) is 10.8 Å². The fourth-order valence-electron chi connectivity index (χ4n) is 3.59. The summed E-state index contributed by atoms with van der Waals surface area (Å²) in [6.45, 7) is 1.75. The summed E-state index contributed by atoms with van der Waals surface area (Å²) in [4.78, 5) is 0. The minimum Gasteiger partial charge on any atom is -0.493 e. The standard InChI is InChI=1S/C22H23NO/c1-2-9-19-16-20(15-18(19)8-1)23-13-6-14-24-22-12-5-10-17-7-3-4-11-21(17)22/h1-5,7-12,20,23H,6,13-16H2. The summed E-state index contributed by atoms with van der Waals surface area (Å²) in [5.41, 5.74) is 3.00. The Kier molecular flexibility index (Phi) is 4.48. The molecule has 0 spiro atoms. The van der Waals surface area contributed by atoms with Gasteiger partial charge in [0, 0.05) is 11.4 Å². The molecule has 3 aromatic carbocycles. The largest absolute Gasteiger partial charge is 0.493 e. The molecule has 2 heteroatoms. The predicted molar refractivity (Wildman–Crippen MR) is 99.7 cm³/mol. The Balaban J connectivity index is 1.24. The Morgan fingerprint density at radius 1 is 0.833 bits per heavy atom. The number of nitrogens with one attached hydrogen (secondary N) is 1. The van der Waals surface area contributed by atoms with Gasteiger partial charge < -0.3 is 10.1 Å². The highest BCUT2D eigenvalue weighted by Crippen LogP contribution is 2.25. The molecular weight excluding hydrogens is 294 g/mol. The molecule has 4 rings (SSSR count). The molecule has 0 atom stereocenters. The maximum Gasteiger partial charge on any atom is 0.127 e. The predicted octanol–water partition coefficient (Wildman–Crippen LogP) is 4.37. The average Bonchev–Trinajstić information content (AvgIpc) is 3.04. The molecule has 0 radical (unpaired) electrons. The van der Waals surface area contributed by atoms with E-state index in [2.05, 4.69) is 72.0 Å². The van der Waals surface area contributed by atoms with E-state index in [4.69, 9.17) is 4.74 Å². The van der Waals surface area contributed by atoms with Crippen molar-refractivity contribution in [2.24, 2.45) is 0 Å². The molecule has 0 amide bonds. The molecule has 0 aromatic heterocycles. The third-order valence-corrected chi connectivity index (χ3v) is 4.81. The van der Waals surface area contributed by atoms with E-state index in [0.717, 1.165) is 38.2 Å². The normalized spacial score (nSPS) is 14.0. The van der Waals surface area contributed by atoms with Crippen molar-refractivity contribution in [3.05, 3.63) is 77.9 Å². The zero-order valence-electron chi connectivity index (χ0n) is 13.9. The fourth-order valence-corrected chi connectivity index (χ4v) is 3.59. The van der Waals surface area contributed by atoms with Gasteiger partial charge in [0.2, 0.25) is 0 Å². The first-order valence-electron chi connectivity index (χ1n) is 8.81. The van der Waals surface area contributed by atoms with Gasteiger partial charge in [0.1, 0.15) is 5.75 Å². The van der Waals surface area contributed by atoms with Crippen molar-refractivity contribution in [2.45, 2.75) is 25.3 Å². The van der Waals surface area contributed by atoms with Gasteiger partial charge >= 0.3 is 0 Å². The first-order chi connectivity index (χ1) is 11.9. The van der Waals surface area contributed by atoms with Gasteiger partial charge in [-0.3, -0.25) is 0 Å². The summed E-state index contributed by atoms with van der Waals surface area (Å²) in [6.07, 6.45) is 3.33. The van der Waals surface area contributed by atoms with Crippen LogP contribution >= 0.6 is 0 Å². The molecule has 0 bridgehead atoms. The van der Waals surface area contributed by atoms with Gasteiger partial charge in [-0.15, -0.1) is 0 Å². The lowest BCUT2D eigenvalue weighted by molar-refractivity contribution is 0.308. The van der Waals surface area contributed by atoms with Gasteiger partial charge in [0.25, 0.3) is 0 Å². The van der Waals surface area contributed by atoms with Crippen LogP contribution in [0.3, 0.4) is 0 Å². The number of benzene rings is 3. The van der Waals surface area contributed by atoms with E-state index in [0.29, 0.717) is 6.04 Å². The van der Waals surface area contributed by atoms with Crippen molar-refractivity contribution in [1.29, 1.82) is 0 Å². The molecule has 0 aliphatic heterocycles. The lowest BCUT2D eigenvalue weighted by Gasteiger charge is -2.13. The number of ether oxygens (including phenoxy) is 1. The molecule has 0 fully saturated rings. The summed E-state index contributed by atoms with van der Waals surface area (Å²) in [5.74, 6) is 0.987. The minimum atomic E-state index is 0.583. The summed E-state index contributed by atoms with van der Waals surface area (Å²) >= 11 is 0. The van der Waals surface area contributed by atoms with Gasteiger partial charge in [-0.05, 0) is 48.4 Å². The summed E-state index contributed by atoms with van der Waals surface area (Å²) in [5, 5.41) is 6.10. The molecule has 0 saturated heterocycles. The van der Waals surface area contributed by atoms with Gasteiger partial charge in [0.05, 0.1) is 6.61 Å². The van der Waals surface area contributed by atoms with Crippen LogP contribution in [0.5, 0.6) is 5.75 Å². The molecule has 0 unspecified atom stereocenters. The zero-order chi connectivity index (χ0) is 16.2. The van der Waals surface area contributed by atoms with Crippen molar-refractivity contribution in [3.63, 3.8) is 0 Å². The van der Waals surface area contributed by atoms with Crippen LogP contribution in [0.2, 0.25) is 0 Å². The highest BCUT2D eigenvalue weighted by molar-refractivity contribution is 5.88. The van der Waals surface area contributed by atoms with Crippen LogP contribution in [-0.2, 0) is 12.8 Å². The molecule has 1 aliphatic rings. The van der Waals surface area contributed by atoms with Crippen LogP contribution in [0.1, 0.15) is 17.5 Å². The van der Waals surface area contributed by atoms with Crippen molar-refractivity contribution < 1.29 is 4.74 Å². The van der Waals surface area contributed by atoms with Crippen LogP contribution < -0.4 is 10.1 Å². The first kappa shape index (κ1) is 15.2.